The van der Waals surface area contributed by atoms with Gasteiger partial charge in [0.05, 0.1) is 17.2 Å². The summed E-state index contributed by atoms with van der Waals surface area (Å²) in [5, 5.41) is 0.638. The second-order valence-corrected chi connectivity index (χ2v) is 4.39. The summed E-state index contributed by atoms with van der Waals surface area (Å²) in [6.45, 7) is 5.57. The monoisotopic (exact) mass is 276 g/mol. The van der Waals surface area contributed by atoms with Gasteiger partial charge in [-0.15, -0.1) is 0 Å². The number of aryl methyl sites for hydroxylation is 1. The molecule has 5 nitrogen and oxygen atoms in total. The third-order valence-electron chi connectivity index (χ3n) is 3.04. The molecule has 1 aromatic carbocycles. The number of nitrogens with zero attached hydrogens (tertiary/aromatic N) is 2. The highest BCUT2D eigenvalue weighted by atomic mass is 16.7. The molecule has 5 heteroatoms. The molecule has 2 aromatic rings. The predicted molar refractivity (Wildman–Crippen MR) is 77.7 cm³/mol. The fourth-order valence-corrected chi connectivity index (χ4v) is 2.10. The standard InChI is InChI=1S/C15H20N2O3/c1-3-19-14(20-4-2)9-10-17-11-16-13-8-6-5-7-12(13)15(17)18/h5-8,11,14H,3-4,9-10H2,1-2H3. The van der Waals surface area contributed by atoms with E-state index in [1.165, 1.54) is 0 Å². The van der Waals surface area contributed by atoms with E-state index >= 15 is 0 Å². The van der Waals surface area contributed by atoms with Crippen LogP contribution in [0, 0.1) is 0 Å². The van der Waals surface area contributed by atoms with E-state index in [0.717, 1.165) is 5.52 Å². The quantitative estimate of drug-likeness (QED) is 0.727. The first-order valence-electron chi connectivity index (χ1n) is 6.93. The molecule has 0 radical (unpaired) electrons. The highest BCUT2D eigenvalue weighted by molar-refractivity contribution is 5.76. The zero-order valence-electron chi connectivity index (χ0n) is 11.9. The van der Waals surface area contributed by atoms with Gasteiger partial charge in [0.15, 0.2) is 6.29 Å². The van der Waals surface area contributed by atoms with Crippen LogP contribution in [0.5, 0.6) is 0 Å². The number of fused-ring (bicyclic) bond motifs is 1. The first kappa shape index (κ1) is 14.7. The zero-order chi connectivity index (χ0) is 14.4. The molecule has 0 N–H and O–H groups in total. The van der Waals surface area contributed by atoms with Gasteiger partial charge in [-0.1, -0.05) is 12.1 Å². The summed E-state index contributed by atoms with van der Waals surface area (Å²) in [7, 11) is 0. The molecule has 0 amide bonds. The Morgan fingerprint density at radius 3 is 2.60 bits per heavy atom. The number of rotatable bonds is 7. The van der Waals surface area contributed by atoms with Gasteiger partial charge < -0.3 is 9.47 Å². The van der Waals surface area contributed by atoms with Crippen molar-refractivity contribution in [1.29, 1.82) is 0 Å². The number of aromatic nitrogens is 2. The molecule has 1 heterocycles. The minimum absolute atomic E-state index is 0.0256. The van der Waals surface area contributed by atoms with Crippen LogP contribution in [0.15, 0.2) is 35.4 Å². The van der Waals surface area contributed by atoms with Crippen LogP contribution in [0.4, 0.5) is 0 Å². The second-order valence-electron chi connectivity index (χ2n) is 4.39. The van der Waals surface area contributed by atoms with Crippen molar-refractivity contribution in [2.75, 3.05) is 13.2 Å². The van der Waals surface area contributed by atoms with Gasteiger partial charge in [-0.25, -0.2) is 4.98 Å². The van der Waals surface area contributed by atoms with Crippen molar-refractivity contribution in [2.24, 2.45) is 0 Å². The Labute approximate surface area is 118 Å². The molecule has 0 spiro atoms. The van der Waals surface area contributed by atoms with Gasteiger partial charge in [-0.05, 0) is 26.0 Å². The first-order valence-corrected chi connectivity index (χ1v) is 6.93. The van der Waals surface area contributed by atoms with Crippen LogP contribution in [-0.4, -0.2) is 29.1 Å². The molecule has 0 bridgehead atoms. The Morgan fingerprint density at radius 1 is 1.20 bits per heavy atom. The lowest BCUT2D eigenvalue weighted by Gasteiger charge is -2.17. The van der Waals surface area contributed by atoms with Gasteiger partial charge >= 0.3 is 0 Å². The average Bonchev–Trinajstić information content (AvgIpc) is 2.47. The van der Waals surface area contributed by atoms with Gasteiger partial charge in [-0.3, -0.25) is 9.36 Å². The van der Waals surface area contributed by atoms with Crippen molar-refractivity contribution in [1.82, 2.24) is 9.55 Å². The summed E-state index contributed by atoms with van der Waals surface area (Å²) < 4.78 is 12.6. The summed E-state index contributed by atoms with van der Waals surface area (Å²) >= 11 is 0. The normalized spacial score (nSPS) is 11.3. The van der Waals surface area contributed by atoms with E-state index in [4.69, 9.17) is 9.47 Å². The van der Waals surface area contributed by atoms with Crippen molar-refractivity contribution < 1.29 is 9.47 Å². The maximum Gasteiger partial charge on any atom is 0.261 e. The Kier molecular flexibility index (Phi) is 5.26. The number of hydrogen-bond donors (Lipinski definition) is 0. The molecule has 20 heavy (non-hydrogen) atoms. The number of hydrogen-bond acceptors (Lipinski definition) is 4. The van der Waals surface area contributed by atoms with E-state index in [2.05, 4.69) is 4.98 Å². The summed E-state index contributed by atoms with van der Waals surface area (Å²) in [6, 6.07) is 7.35. The number of benzene rings is 1. The maximum atomic E-state index is 12.3. The highest BCUT2D eigenvalue weighted by Gasteiger charge is 2.09. The van der Waals surface area contributed by atoms with E-state index in [-0.39, 0.29) is 11.8 Å². The summed E-state index contributed by atoms with van der Waals surface area (Å²) in [5.74, 6) is 0. The first-order chi connectivity index (χ1) is 9.76. The van der Waals surface area contributed by atoms with E-state index < -0.39 is 0 Å². The molecule has 0 atom stereocenters. The third-order valence-corrected chi connectivity index (χ3v) is 3.04. The summed E-state index contributed by atoms with van der Waals surface area (Å²) in [4.78, 5) is 16.6. The van der Waals surface area contributed by atoms with Crippen LogP contribution in [0.25, 0.3) is 10.9 Å². The molecular formula is C15H20N2O3. The van der Waals surface area contributed by atoms with E-state index in [9.17, 15) is 4.79 Å². The van der Waals surface area contributed by atoms with Crippen molar-refractivity contribution in [2.45, 2.75) is 33.1 Å². The fraction of sp³-hybridized carbons (Fsp3) is 0.467. The average molecular weight is 276 g/mol. The highest BCUT2D eigenvalue weighted by Crippen LogP contribution is 2.06. The lowest BCUT2D eigenvalue weighted by atomic mass is 10.2. The van der Waals surface area contributed by atoms with Crippen LogP contribution >= 0.6 is 0 Å². The zero-order valence-corrected chi connectivity index (χ0v) is 11.9. The molecule has 0 aliphatic carbocycles. The molecule has 0 fully saturated rings. The Hall–Kier alpha value is -1.72. The second kappa shape index (κ2) is 7.17. The predicted octanol–water partition coefficient (Wildman–Crippen LogP) is 2.19. The third kappa shape index (κ3) is 3.43. The number of ether oxygens (including phenoxy) is 2. The molecular weight excluding hydrogens is 256 g/mol. The van der Waals surface area contributed by atoms with Crippen LogP contribution in [0.1, 0.15) is 20.3 Å². The molecule has 0 aliphatic rings. The molecule has 0 aliphatic heterocycles. The molecule has 0 saturated heterocycles. The Morgan fingerprint density at radius 2 is 1.90 bits per heavy atom. The summed E-state index contributed by atoms with van der Waals surface area (Å²) in [6.07, 6.45) is 1.93. The van der Waals surface area contributed by atoms with Crippen LogP contribution in [0.2, 0.25) is 0 Å². The minimum Gasteiger partial charge on any atom is -0.353 e. The Balaban J connectivity index is 2.13. The smallest absolute Gasteiger partial charge is 0.261 e. The SMILES string of the molecule is CCOC(CCn1cnc2ccccc2c1=O)OCC. The molecule has 108 valence electrons. The van der Waals surface area contributed by atoms with Gasteiger partial charge in [-0.2, -0.15) is 0 Å². The van der Waals surface area contributed by atoms with Crippen molar-refractivity contribution >= 4 is 10.9 Å². The van der Waals surface area contributed by atoms with E-state index in [1.807, 2.05) is 32.0 Å². The fourth-order valence-electron chi connectivity index (χ4n) is 2.10. The number of para-hydroxylation sites is 1. The topological polar surface area (TPSA) is 53.4 Å². The van der Waals surface area contributed by atoms with Crippen molar-refractivity contribution in [3.63, 3.8) is 0 Å². The van der Waals surface area contributed by atoms with Crippen LogP contribution in [-0.2, 0) is 16.0 Å². The van der Waals surface area contributed by atoms with Gasteiger partial charge in [0, 0.05) is 26.2 Å². The molecule has 1 aromatic heterocycles. The van der Waals surface area contributed by atoms with Crippen LogP contribution < -0.4 is 5.56 Å². The molecule has 0 unspecified atom stereocenters. The molecule has 0 saturated carbocycles. The maximum absolute atomic E-state index is 12.3. The van der Waals surface area contributed by atoms with E-state index in [0.29, 0.717) is 31.6 Å². The van der Waals surface area contributed by atoms with Gasteiger partial charge in [0.1, 0.15) is 0 Å². The molecule has 2 rings (SSSR count). The lowest BCUT2D eigenvalue weighted by molar-refractivity contribution is -0.141. The van der Waals surface area contributed by atoms with Gasteiger partial charge in [0.25, 0.3) is 5.56 Å². The van der Waals surface area contributed by atoms with E-state index in [1.54, 1.807) is 17.0 Å². The Bertz CT molecular complexity index is 603. The van der Waals surface area contributed by atoms with Crippen molar-refractivity contribution in [3.05, 3.63) is 40.9 Å². The van der Waals surface area contributed by atoms with Crippen molar-refractivity contribution in [3.8, 4) is 0 Å². The lowest BCUT2D eigenvalue weighted by Crippen LogP contribution is -2.25. The summed E-state index contributed by atoms with van der Waals surface area (Å²) in [5.41, 5.74) is 0.697. The minimum atomic E-state index is -0.275. The largest absolute Gasteiger partial charge is 0.353 e. The van der Waals surface area contributed by atoms with Gasteiger partial charge in [0.2, 0.25) is 0 Å². The van der Waals surface area contributed by atoms with Crippen LogP contribution in [0.3, 0.4) is 0 Å².